The number of halogens is 5. The molecule has 9 heteroatoms. The van der Waals surface area contributed by atoms with Crippen molar-refractivity contribution < 1.29 is 34.6 Å². The highest BCUT2D eigenvalue weighted by atomic mass is 32.2. The van der Waals surface area contributed by atoms with E-state index in [2.05, 4.69) is 4.18 Å². The van der Waals surface area contributed by atoms with Crippen LogP contribution < -0.4 is 0 Å². The summed E-state index contributed by atoms with van der Waals surface area (Å²) in [5.41, 5.74) is 0.624. The molecule has 1 rings (SSSR count). The third-order valence-corrected chi connectivity index (χ3v) is 3.69. The van der Waals surface area contributed by atoms with Gasteiger partial charge in [-0.1, -0.05) is 17.7 Å². The summed E-state index contributed by atoms with van der Waals surface area (Å²) in [6.07, 6.45) is -8.78. The van der Waals surface area contributed by atoms with Gasteiger partial charge in [-0.15, -0.1) is 0 Å². The third kappa shape index (κ3) is 3.26. The summed E-state index contributed by atoms with van der Waals surface area (Å²) in [5.74, 6) is -5.27. The molecular formula is C11H11F5O3S. The standard InChI is InChI=1S/C11H11F5O3S/c1-7-3-5-9(6-4-7)20(17,18)19-11(15,16)10(13,14)8(2)12/h3-6,8H,1-2H3. The van der Waals surface area contributed by atoms with E-state index in [1.165, 1.54) is 12.1 Å². The first-order valence-electron chi connectivity index (χ1n) is 5.32. The van der Waals surface area contributed by atoms with Crippen molar-refractivity contribution in [2.24, 2.45) is 0 Å². The Kier molecular flexibility index (Phi) is 4.45. The van der Waals surface area contributed by atoms with Crippen molar-refractivity contribution in [2.75, 3.05) is 0 Å². The summed E-state index contributed by atoms with van der Waals surface area (Å²) in [5, 5.41) is 0. The van der Waals surface area contributed by atoms with E-state index in [0.29, 0.717) is 5.56 Å². The van der Waals surface area contributed by atoms with E-state index in [4.69, 9.17) is 0 Å². The fraction of sp³-hybridized carbons (Fsp3) is 0.455. The molecular weight excluding hydrogens is 307 g/mol. The van der Waals surface area contributed by atoms with Crippen molar-refractivity contribution >= 4 is 10.1 Å². The van der Waals surface area contributed by atoms with Crippen LogP contribution in [0.15, 0.2) is 29.2 Å². The summed E-state index contributed by atoms with van der Waals surface area (Å²) in [6.45, 7) is 1.78. The molecule has 1 atom stereocenters. The monoisotopic (exact) mass is 318 g/mol. The van der Waals surface area contributed by atoms with Crippen LogP contribution in [0.1, 0.15) is 12.5 Å². The average Bonchev–Trinajstić information content (AvgIpc) is 2.27. The van der Waals surface area contributed by atoms with E-state index in [-0.39, 0.29) is 6.92 Å². The molecule has 0 aliphatic rings. The molecule has 1 aromatic carbocycles. The molecule has 1 unspecified atom stereocenters. The van der Waals surface area contributed by atoms with E-state index >= 15 is 0 Å². The number of rotatable bonds is 5. The number of aryl methyl sites for hydroxylation is 1. The van der Waals surface area contributed by atoms with Gasteiger partial charge in [0.15, 0.2) is 6.17 Å². The van der Waals surface area contributed by atoms with E-state index in [9.17, 15) is 30.4 Å². The molecule has 114 valence electrons. The van der Waals surface area contributed by atoms with E-state index in [0.717, 1.165) is 12.1 Å². The zero-order chi connectivity index (χ0) is 15.8. The first kappa shape index (κ1) is 16.8. The van der Waals surface area contributed by atoms with Crippen LogP contribution in [0.2, 0.25) is 0 Å². The summed E-state index contributed by atoms with van der Waals surface area (Å²) in [4.78, 5) is -0.731. The van der Waals surface area contributed by atoms with Crippen LogP contribution in [0, 0.1) is 6.92 Å². The summed E-state index contributed by atoms with van der Waals surface area (Å²) < 4.78 is 90.8. The Bertz CT molecular complexity index is 566. The predicted octanol–water partition coefficient (Wildman–Crippen LogP) is 3.29. The quantitative estimate of drug-likeness (QED) is 0.618. The Morgan fingerprint density at radius 1 is 1.10 bits per heavy atom. The van der Waals surface area contributed by atoms with Crippen molar-refractivity contribution in [3.05, 3.63) is 29.8 Å². The number of hydrogen-bond acceptors (Lipinski definition) is 3. The molecule has 0 aromatic heterocycles. The van der Waals surface area contributed by atoms with Crippen LogP contribution >= 0.6 is 0 Å². The van der Waals surface area contributed by atoms with Gasteiger partial charge in [-0.2, -0.15) is 30.2 Å². The van der Waals surface area contributed by atoms with Gasteiger partial charge in [0.2, 0.25) is 0 Å². The Morgan fingerprint density at radius 3 is 1.95 bits per heavy atom. The molecule has 0 fully saturated rings. The maximum atomic E-state index is 13.1. The van der Waals surface area contributed by atoms with Gasteiger partial charge in [0.25, 0.3) is 0 Å². The third-order valence-electron chi connectivity index (χ3n) is 2.41. The van der Waals surface area contributed by atoms with E-state index in [1.807, 2.05) is 0 Å². The molecule has 0 spiro atoms. The highest BCUT2D eigenvalue weighted by Crippen LogP contribution is 2.41. The van der Waals surface area contributed by atoms with Gasteiger partial charge < -0.3 is 0 Å². The van der Waals surface area contributed by atoms with Crippen LogP contribution in [0.4, 0.5) is 22.0 Å². The van der Waals surface area contributed by atoms with Crippen LogP contribution in [-0.4, -0.2) is 26.6 Å². The van der Waals surface area contributed by atoms with Crippen molar-refractivity contribution in [1.82, 2.24) is 0 Å². The second-order valence-corrected chi connectivity index (χ2v) is 5.65. The minimum absolute atomic E-state index is 0.176. The van der Waals surface area contributed by atoms with Gasteiger partial charge in [0.1, 0.15) is 0 Å². The Balaban J connectivity index is 3.10. The number of hydrogen-bond donors (Lipinski definition) is 0. The fourth-order valence-electron chi connectivity index (χ4n) is 1.18. The Hall–Kier alpha value is -1.22. The predicted molar refractivity (Wildman–Crippen MR) is 59.9 cm³/mol. The lowest BCUT2D eigenvalue weighted by molar-refractivity contribution is -0.323. The number of benzene rings is 1. The molecule has 0 aliphatic heterocycles. The van der Waals surface area contributed by atoms with Gasteiger partial charge in [0.05, 0.1) is 4.90 Å². The second kappa shape index (κ2) is 5.28. The van der Waals surface area contributed by atoms with E-state index < -0.39 is 33.2 Å². The highest BCUT2D eigenvalue weighted by molar-refractivity contribution is 7.86. The van der Waals surface area contributed by atoms with Crippen molar-refractivity contribution in [3.63, 3.8) is 0 Å². The first-order valence-corrected chi connectivity index (χ1v) is 6.73. The smallest absolute Gasteiger partial charge is 0.241 e. The van der Waals surface area contributed by atoms with Gasteiger partial charge in [0, 0.05) is 0 Å². The summed E-state index contributed by atoms with van der Waals surface area (Å²) in [7, 11) is -5.15. The molecule has 0 heterocycles. The number of alkyl halides is 5. The summed E-state index contributed by atoms with van der Waals surface area (Å²) >= 11 is 0. The molecule has 0 N–H and O–H groups in total. The lowest BCUT2D eigenvalue weighted by Gasteiger charge is -2.26. The molecule has 1 aromatic rings. The van der Waals surface area contributed by atoms with Crippen LogP contribution in [0.25, 0.3) is 0 Å². The van der Waals surface area contributed by atoms with E-state index in [1.54, 1.807) is 6.92 Å². The zero-order valence-corrected chi connectivity index (χ0v) is 11.2. The largest absolute Gasteiger partial charge is 0.436 e. The van der Waals surface area contributed by atoms with Gasteiger partial charge in [-0.3, -0.25) is 0 Å². The molecule has 0 radical (unpaired) electrons. The average molecular weight is 318 g/mol. The molecule has 20 heavy (non-hydrogen) atoms. The molecule has 3 nitrogen and oxygen atoms in total. The summed E-state index contributed by atoms with van der Waals surface area (Å²) in [6, 6.07) is 4.37. The molecule has 0 saturated carbocycles. The fourth-order valence-corrected chi connectivity index (χ4v) is 2.13. The van der Waals surface area contributed by atoms with Crippen molar-refractivity contribution in [3.8, 4) is 0 Å². The Morgan fingerprint density at radius 2 is 1.55 bits per heavy atom. The lowest BCUT2D eigenvalue weighted by atomic mass is 10.2. The molecule has 0 amide bonds. The van der Waals surface area contributed by atoms with Crippen LogP contribution in [-0.2, 0) is 14.3 Å². The normalized spacial score (nSPS) is 15.2. The highest BCUT2D eigenvalue weighted by Gasteiger charge is 2.64. The van der Waals surface area contributed by atoms with Gasteiger partial charge >= 0.3 is 22.1 Å². The Labute approximate surface area is 112 Å². The van der Waals surface area contributed by atoms with Crippen LogP contribution in [0.5, 0.6) is 0 Å². The van der Waals surface area contributed by atoms with Gasteiger partial charge in [-0.25, -0.2) is 4.39 Å². The lowest BCUT2D eigenvalue weighted by Crippen LogP contribution is -2.49. The first-order chi connectivity index (χ1) is 8.90. The van der Waals surface area contributed by atoms with Crippen LogP contribution in [0.3, 0.4) is 0 Å². The minimum atomic E-state index is -5.50. The SMILES string of the molecule is Cc1ccc(S(=O)(=O)OC(F)(F)C(F)(F)C(C)F)cc1. The minimum Gasteiger partial charge on any atom is -0.241 e. The molecule has 0 bridgehead atoms. The van der Waals surface area contributed by atoms with Crippen molar-refractivity contribution in [2.45, 2.75) is 36.9 Å². The second-order valence-electron chi connectivity index (χ2n) is 4.11. The zero-order valence-electron chi connectivity index (χ0n) is 10.4. The maximum Gasteiger partial charge on any atom is 0.436 e. The molecule has 0 aliphatic carbocycles. The maximum absolute atomic E-state index is 13.1. The topological polar surface area (TPSA) is 43.4 Å². The van der Waals surface area contributed by atoms with Crippen molar-refractivity contribution in [1.29, 1.82) is 0 Å². The molecule has 0 saturated heterocycles. The van der Waals surface area contributed by atoms with Gasteiger partial charge in [-0.05, 0) is 26.0 Å².